The molecule has 0 aliphatic rings. The van der Waals surface area contributed by atoms with Crippen molar-refractivity contribution in [1.82, 2.24) is 9.55 Å². The Bertz CT molecular complexity index is 380. The minimum Gasteiger partial charge on any atom is -0.299 e. The quantitative estimate of drug-likeness (QED) is 0.541. The van der Waals surface area contributed by atoms with Crippen LogP contribution < -0.4 is 5.56 Å². The van der Waals surface area contributed by atoms with E-state index in [0.29, 0.717) is 19.4 Å². The van der Waals surface area contributed by atoms with Gasteiger partial charge in [-0.3, -0.25) is 9.36 Å². The molecule has 1 aromatic heterocycles. The molecule has 13 heavy (non-hydrogen) atoms. The van der Waals surface area contributed by atoms with Crippen LogP contribution in [0, 0.1) is 11.3 Å². The third kappa shape index (κ3) is 2.88. The van der Waals surface area contributed by atoms with Crippen LogP contribution >= 0.6 is 11.6 Å². The van der Waals surface area contributed by atoms with E-state index in [1.165, 1.54) is 17.0 Å². The number of nitriles is 1. The molecule has 4 nitrogen and oxygen atoms in total. The first kappa shape index (κ1) is 9.75. The van der Waals surface area contributed by atoms with Crippen molar-refractivity contribution in [2.24, 2.45) is 0 Å². The lowest BCUT2D eigenvalue weighted by molar-refractivity contribution is 0.620. The highest BCUT2D eigenvalue weighted by Crippen LogP contribution is 1.97. The molecule has 0 fully saturated rings. The number of halogens is 1. The summed E-state index contributed by atoms with van der Waals surface area (Å²) in [4.78, 5) is 15.0. The number of aromatic nitrogens is 2. The number of hydrogen-bond donors (Lipinski definition) is 0. The van der Waals surface area contributed by atoms with Gasteiger partial charge in [0.2, 0.25) is 0 Å². The van der Waals surface area contributed by atoms with Crippen molar-refractivity contribution in [3.8, 4) is 6.07 Å². The molecule has 0 bridgehead atoms. The lowest BCUT2D eigenvalue weighted by atomic mass is 10.3. The predicted molar refractivity (Wildman–Crippen MR) is 48.4 cm³/mol. The molecule has 0 saturated carbocycles. The number of hydrogen-bond acceptors (Lipinski definition) is 3. The van der Waals surface area contributed by atoms with Crippen molar-refractivity contribution in [2.75, 3.05) is 0 Å². The Kier molecular flexibility index (Phi) is 3.47. The molecule has 1 rings (SSSR count). The fourth-order valence-electron chi connectivity index (χ4n) is 0.900. The molecule has 0 aliphatic heterocycles. The van der Waals surface area contributed by atoms with Gasteiger partial charge < -0.3 is 0 Å². The summed E-state index contributed by atoms with van der Waals surface area (Å²) in [6.45, 7) is 0.510. The predicted octanol–water partition coefficient (Wildman–Crippen LogP) is 1.20. The zero-order valence-electron chi connectivity index (χ0n) is 6.90. The summed E-state index contributed by atoms with van der Waals surface area (Å²) in [7, 11) is 0. The molecular formula is C8H8ClN3O. The van der Waals surface area contributed by atoms with Gasteiger partial charge in [0.1, 0.15) is 5.15 Å². The van der Waals surface area contributed by atoms with Crippen molar-refractivity contribution in [3.05, 3.63) is 27.9 Å². The van der Waals surface area contributed by atoms with Gasteiger partial charge in [-0.1, -0.05) is 11.6 Å². The van der Waals surface area contributed by atoms with Gasteiger partial charge in [0.05, 0.1) is 12.4 Å². The third-order valence-electron chi connectivity index (χ3n) is 1.53. The zero-order valence-corrected chi connectivity index (χ0v) is 7.66. The fourth-order valence-corrected chi connectivity index (χ4v) is 1.04. The van der Waals surface area contributed by atoms with Crippen LogP contribution in [0.2, 0.25) is 5.15 Å². The van der Waals surface area contributed by atoms with Gasteiger partial charge in [0.15, 0.2) is 0 Å². The van der Waals surface area contributed by atoms with Crippen LogP contribution in [0.3, 0.4) is 0 Å². The first-order valence-electron chi connectivity index (χ1n) is 3.83. The molecule has 0 saturated heterocycles. The highest BCUT2D eigenvalue weighted by Gasteiger charge is 1.96. The Morgan fingerprint density at radius 3 is 3.08 bits per heavy atom. The third-order valence-corrected chi connectivity index (χ3v) is 1.74. The fraction of sp³-hybridized carbons (Fsp3) is 0.375. The van der Waals surface area contributed by atoms with E-state index >= 15 is 0 Å². The molecule has 1 heterocycles. The second-order valence-corrected chi connectivity index (χ2v) is 2.89. The highest BCUT2D eigenvalue weighted by molar-refractivity contribution is 6.29. The molecule has 0 aliphatic carbocycles. The second-order valence-electron chi connectivity index (χ2n) is 2.50. The lowest BCUT2D eigenvalue weighted by Gasteiger charge is -2.01. The summed E-state index contributed by atoms with van der Waals surface area (Å²) >= 11 is 5.50. The molecule has 0 unspecified atom stereocenters. The maximum atomic E-state index is 11.2. The number of rotatable bonds is 3. The smallest absolute Gasteiger partial charge is 0.254 e. The molecule has 1 aromatic rings. The van der Waals surface area contributed by atoms with Crippen LogP contribution in [-0.2, 0) is 6.54 Å². The molecule has 0 atom stereocenters. The second kappa shape index (κ2) is 4.63. The van der Waals surface area contributed by atoms with Crippen molar-refractivity contribution in [2.45, 2.75) is 19.4 Å². The van der Waals surface area contributed by atoms with Gasteiger partial charge >= 0.3 is 0 Å². The average Bonchev–Trinajstić information content (AvgIpc) is 2.09. The van der Waals surface area contributed by atoms with Gasteiger partial charge in [0, 0.05) is 19.0 Å². The standard InChI is InChI=1S/C8H8ClN3O/c9-7-5-8(13)12(6-11-7)4-2-1-3-10/h5-6H,1-2,4H2. The van der Waals surface area contributed by atoms with Crippen molar-refractivity contribution < 1.29 is 0 Å². The summed E-state index contributed by atoms with van der Waals surface area (Å²) in [6, 6.07) is 3.26. The lowest BCUT2D eigenvalue weighted by Crippen LogP contribution is -2.19. The summed E-state index contributed by atoms with van der Waals surface area (Å²) in [5, 5.41) is 8.48. The maximum absolute atomic E-state index is 11.2. The average molecular weight is 198 g/mol. The highest BCUT2D eigenvalue weighted by atomic mass is 35.5. The van der Waals surface area contributed by atoms with Crippen LogP contribution in [0.5, 0.6) is 0 Å². The number of aryl methyl sites for hydroxylation is 1. The minimum absolute atomic E-state index is 0.182. The summed E-state index contributed by atoms with van der Waals surface area (Å²) in [6.07, 6.45) is 2.48. The van der Waals surface area contributed by atoms with Crippen LogP contribution in [0.1, 0.15) is 12.8 Å². The van der Waals surface area contributed by atoms with Crippen molar-refractivity contribution in [1.29, 1.82) is 5.26 Å². The Balaban J connectivity index is 2.68. The largest absolute Gasteiger partial charge is 0.299 e. The van der Waals surface area contributed by atoms with E-state index in [0.717, 1.165) is 0 Å². The summed E-state index contributed by atoms with van der Waals surface area (Å²) < 4.78 is 1.43. The number of nitrogens with zero attached hydrogens (tertiary/aromatic N) is 3. The Morgan fingerprint density at radius 1 is 1.69 bits per heavy atom. The van der Waals surface area contributed by atoms with E-state index in [9.17, 15) is 4.79 Å². The van der Waals surface area contributed by atoms with E-state index in [1.54, 1.807) is 0 Å². The number of unbranched alkanes of at least 4 members (excludes halogenated alkanes) is 1. The van der Waals surface area contributed by atoms with Crippen molar-refractivity contribution in [3.63, 3.8) is 0 Å². The van der Waals surface area contributed by atoms with Gasteiger partial charge in [0.25, 0.3) is 5.56 Å². The topological polar surface area (TPSA) is 58.7 Å². The minimum atomic E-state index is -0.182. The molecule has 68 valence electrons. The molecule has 5 heteroatoms. The van der Waals surface area contributed by atoms with Crippen LogP contribution in [0.25, 0.3) is 0 Å². The molecule has 0 radical (unpaired) electrons. The molecule has 0 N–H and O–H groups in total. The normalized spacial score (nSPS) is 9.54. The zero-order chi connectivity index (χ0) is 9.68. The van der Waals surface area contributed by atoms with E-state index in [1.807, 2.05) is 6.07 Å². The SMILES string of the molecule is N#CCCCn1cnc(Cl)cc1=O. The van der Waals surface area contributed by atoms with Gasteiger partial charge in [-0.25, -0.2) is 4.98 Å². The first-order valence-corrected chi connectivity index (χ1v) is 4.21. The Labute approximate surface area is 80.4 Å². The first-order chi connectivity index (χ1) is 6.24. The Morgan fingerprint density at radius 2 is 2.46 bits per heavy atom. The van der Waals surface area contributed by atoms with E-state index < -0.39 is 0 Å². The van der Waals surface area contributed by atoms with Gasteiger partial charge in [-0.15, -0.1) is 0 Å². The molecule has 0 aromatic carbocycles. The Hall–Kier alpha value is -1.34. The van der Waals surface area contributed by atoms with Gasteiger partial charge in [-0.2, -0.15) is 5.26 Å². The van der Waals surface area contributed by atoms with Crippen molar-refractivity contribution >= 4 is 11.6 Å². The summed E-state index contributed by atoms with van der Waals surface area (Å²) in [5.74, 6) is 0. The van der Waals surface area contributed by atoms with E-state index in [4.69, 9.17) is 16.9 Å². The van der Waals surface area contributed by atoms with Crippen LogP contribution in [0.4, 0.5) is 0 Å². The van der Waals surface area contributed by atoms with E-state index in [2.05, 4.69) is 4.98 Å². The maximum Gasteiger partial charge on any atom is 0.254 e. The molecular weight excluding hydrogens is 190 g/mol. The van der Waals surface area contributed by atoms with Gasteiger partial charge in [-0.05, 0) is 6.42 Å². The van der Waals surface area contributed by atoms with E-state index in [-0.39, 0.29) is 10.7 Å². The molecule has 0 spiro atoms. The van der Waals surface area contributed by atoms with Crippen LogP contribution in [0.15, 0.2) is 17.2 Å². The monoisotopic (exact) mass is 197 g/mol. The van der Waals surface area contributed by atoms with Crippen LogP contribution in [-0.4, -0.2) is 9.55 Å². The molecule has 0 amide bonds. The summed E-state index contributed by atoms with van der Waals surface area (Å²) in [5.41, 5.74) is -0.182.